The Hall–Kier alpha value is -4.30. The number of nitrogens with one attached hydrogen (secondary N) is 1. The first-order chi connectivity index (χ1) is 16.3. The number of fused-ring (bicyclic) bond motifs is 7. The molecule has 0 spiro atoms. The van der Waals surface area contributed by atoms with E-state index in [9.17, 15) is 0 Å². The van der Waals surface area contributed by atoms with E-state index in [4.69, 9.17) is 4.74 Å². The molecule has 5 aromatic carbocycles. The largest absolute Gasteiger partial charge is 0.473 e. The summed E-state index contributed by atoms with van der Waals surface area (Å²) in [5.41, 5.74) is 4.99. The maximum Gasteiger partial charge on any atom is 0.178 e. The highest BCUT2D eigenvalue weighted by Crippen LogP contribution is 2.45. The molecule has 2 heterocycles. The summed E-state index contributed by atoms with van der Waals surface area (Å²) < 4.78 is 6.92. The molecule has 7 rings (SSSR count). The zero-order chi connectivity index (χ0) is 21.8. The minimum absolute atomic E-state index is 0.669. The highest BCUT2D eigenvalue weighted by molar-refractivity contribution is 6.19. The highest BCUT2D eigenvalue weighted by Gasteiger charge is 2.37. The van der Waals surface area contributed by atoms with Gasteiger partial charge in [-0.15, -0.1) is 0 Å². The third kappa shape index (κ3) is 2.61. The summed E-state index contributed by atoms with van der Waals surface area (Å²) >= 11 is 0. The molecule has 0 atom stereocenters. The van der Waals surface area contributed by atoms with Crippen LogP contribution in [0.15, 0.2) is 115 Å². The number of benzene rings is 5. The maximum absolute atomic E-state index is 6.92. The van der Waals surface area contributed by atoms with Crippen molar-refractivity contribution in [2.75, 3.05) is 0 Å². The van der Waals surface area contributed by atoms with E-state index >= 15 is 0 Å². The molecule has 33 heavy (non-hydrogen) atoms. The van der Waals surface area contributed by atoms with Crippen molar-refractivity contribution >= 4 is 38.7 Å². The molecule has 1 aliphatic heterocycles. The quantitative estimate of drug-likeness (QED) is 0.302. The first kappa shape index (κ1) is 18.3. The molecular formula is C31H21NO. The van der Waals surface area contributed by atoms with Crippen LogP contribution in [0.5, 0.6) is 5.75 Å². The number of H-pyrrole nitrogens is 1. The van der Waals surface area contributed by atoms with E-state index < -0.39 is 5.60 Å². The lowest BCUT2D eigenvalue weighted by molar-refractivity contribution is 0.161. The molecule has 0 aliphatic carbocycles. The van der Waals surface area contributed by atoms with Crippen molar-refractivity contribution in [3.8, 4) is 5.75 Å². The van der Waals surface area contributed by atoms with Gasteiger partial charge in [-0.25, -0.2) is 0 Å². The Kier molecular flexibility index (Phi) is 3.80. The van der Waals surface area contributed by atoms with Crippen LogP contribution in [0.2, 0.25) is 0 Å². The molecule has 1 aromatic heterocycles. The van der Waals surface area contributed by atoms with Crippen LogP contribution >= 0.6 is 0 Å². The van der Waals surface area contributed by atoms with Crippen molar-refractivity contribution in [1.82, 2.24) is 4.98 Å². The normalized spacial score (nSPS) is 14.4. The lowest BCUT2D eigenvalue weighted by atomic mass is 9.83. The van der Waals surface area contributed by atoms with Crippen molar-refractivity contribution in [2.45, 2.75) is 5.60 Å². The molecule has 0 unspecified atom stereocenters. The molecule has 2 heteroatoms. The van der Waals surface area contributed by atoms with Gasteiger partial charge < -0.3 is 9.72 Å². The fourth-order valence-corrected chi connectivity index (χ4v) is 5.25. The average molecular weight is 424 g/mol. The zero-order valence-electron chi connectivity index (χ0n) is 18.0. The Bertz CT molecular complexity index is 1640. The monoisotopic (exact) mass is 423 g/mol. The number of ether oxygens (including phenoxy) is 1. The van der Waals surface area contributed by atoms with Crippen LogP contribution in [-0.4, -0.2) is 4.98 Å². The minimum Gasteiger partial charge on any atom is -0.473 e. The molecule has 0 radical (unpaired) electrons. The topological polar surface area (TPSA) is 25.0 Å². The minimum atomic E-state index is -0.669. The molecule has 0 fully saturated rings. The van der Waals surface area contributed by atoms with Gasteiger partial charge >= 0.3 is 0 Å². The SMILES string of the molecule is C1=CC(c2ccccc2)(c2ccccc2)Oc2ccc3ccc4c5ccccc5[nH]c4c3c21. The Labute approximate surface area is 191 Å². The van der Waals surface area contributed by atoms with Gasteiger partial charge in [0.15, 0.2) is 5.60 Å². The van der Waals surface area contributed by atoms with Crippen LogP contribution in [0, 0.1) is 0 Å². The predicted octanol–water partition coefficient (Wildman–Crippen LogP) is 7.82. The number of para-hydroxylation sites is 1. The van der Waals surface area contributed by atoms with Gasteiger partial charge in [-0.3, -0.25) is 0 Å². The van der Waals surface area contributed by atoms with Crippen molar-refractivity contribution < 1.29 is 4.74 Å². The molecule has 6 aromatic rings. The molecule has 1 aliphatic rings. The van der Waals surface area contributed by atoms with Crippen LogP contribution in [0.4, 0.5) is 0 Å². The summed E-state index contributed by atoms with van der Waals surface area (Å²) in [7, 11) is 0. The average Bonchev–Trinajstić information content (AvgIpc) is 3.28. The number of aromatic amines is 1. The third-order valence-electron chi connectivity index (χ3n) is 6.82. The van der Waals surface area contributed by atoms with E-state index in [0.29, 0.717) is 0 Å². The van der Waals surface area contributed by atoms with Crippen molar-refractivity contribution in [3.05, 3.63) is 132 Å². The first-order valence-corrected chi connectivity index (χ1v) is 11.3. The van der Waals surface area contributed by atoms with E-state index in [-0.39, 0.29) is 0 Å². The Balaban J connectivity index is 1.51. The Morgan fingerprint density at radius 1 is 0.606 bits per heavy atom. The molecule has 0 bridgehead atoms. The van der Waals surface area contributed by atoms with Crippen LogP contribution in [0.3, 0.4) is 0 Å². The van der Waals surface area contributed by atoms with Crippen molar-refractivity contribution in [2.24, 2.45) is 0 Å². The molecule has 1 N–H and O–H groups in total. The predicted molar refractivity (Wildman–Crippen MR) is 137 cm³/mol. The number of hydrogen-bond donors (Lipinski definition) is 1. The summed E-state index contributed by atoms with van der Waals surface area (Å²) in [6, 6.07) is 38.1. The molecule has 0 amide bonds. The molecule has 2 nitrogen and oxygen atoms in total. The summed E-state index contributed by atoms with van der Waals surface area (Å²) in [6.45, 7) is 0. The summed E-state index contributed by atoms with van der Waals surface area (Å²) in [4.78, 5) is 3.67. The second-order valence-corrected chi connectivity index (χ2v) is 8.64. The van der Waals surface area contributed by atoms with Gasteiger partial charge in [-0.2, -0.15) is 0 Å². The Morgan fingerprint density at radius 2 is 1.27 bits per heavy atom. The summed E-state index contributed by atoms with van der Waals surface area (Å²) in [6.07, 6.45) is 4.45. The second kappa shape index (κ2) is 6.85. The van der Waals surface area contributed by atoms with Gasteiger partial charge in [-0.05, 0) is 29.7 Å². The molecule has 0 saturated carbocycles. The van der Waals surface area contributed by atoms with Crippen LogP contribution < -0.4 is 4.74 Å². The van der Waals surface area contributed by atoms with Crippen molar-refractivity contribution in [3.63, 3.8) is 0 Å². The number of hydrogen-bond acceptors (Lipinski definition) is 1. The van der Waals surface area contributed by atoms with Gasteiger partial charge in [0.05, 0.1) is 5.52 Å². The van der Waals surface area contributed by atoms with Gasteiger partial charge in [0, 0.05) is 38.4 Å². The van der Waals surface area contributed by atoms with E-state index in [2.05, 4.69) is 114 Å². The fourth-order valence-electron chi connectivity index (χ4n) is 5.25. The van der Waals surface area contributed by atoms with E-state index in [1.807, 2.05) is 12.1 Å². The maximum atomic E-state index is 6.92. The number of rotatable bonds is 2. The summed E-state index contributed by atoms with van der Waals surface area (Å²) in [5, 5.41) is 4.89. The van der Waals surface area contributed by atoms with Crippen LogP contribution in [0.1, 0.15) is 16.7 Å². The lowest BCUT2D eigenvalue weighted by Gasteiger charge is -2.36. The van der Waals surface area contributed by atoms with E-state index in [1.54, 1.807) is 0 Å². The van der Waals surface area contributed by atoms with Gasteiger partial charge in [0.1, 0.15) is 5.75 Å². The molecule has 0 saturated heterocycles. The summed E-state index contributed by atoms with van der Waals surface area (Å²) in [5.74, 6) is 0.892. The third-order valence-corrected chi connectivity index (χ3v) is 6.82. The highest BCUT2D eigenvalue weighted by atomic mass is 16.5. The standard InChI is InChI=1S/C31H21NO/c1-3-9-22(10-4-1)31(23-11-5-2-6-12-23)20-19-26-28(33-31)18-16-21-15-17-25-24-13-7-8-14-27(24)32-30(25)29(21)26/h1-20,32H. The van der Waals surface area contributed by atoms with Gasteiger partial charge in [-0.1, -0.05) is 97.1 Å². The fraction of sp³-hybridized carbons (Fsp3) is 0.0323. The van der Waals surface area contributed by atoms with Crippen LogP contribution in [0.25, 0.3) is 38.7 Å². The Morgan fingerprint density at radius 3 is 2.03 bits per heavy atom. The van der Waals surface area contributed by atoms with Gasteiger partial charge in [0.25, 0.3) is 0 Å². The smallest absolute Gasteiger partial charge is 0.178 e. The molecular weight excluding hydrogens is 402 g/mol. The second-order valence-electron chi connectivity index (χ2n) is 8.64. The van der Waals surface area contributed by atoms with Crippen LogP contribution in [-0.2, 0) is 5.60 Å². The zero-order valence-corrected chi connectivity index (χ0v) is 18.0. The van der Waals surface area contributed by atoms with E-state index in [1.165, 1.54) is 21.5 Å². The lowest BCUT2D eigenvalue weighted by Crippen LogP contribution is -2.34. The molecule has 156 valence electrons. The van der Waals surface area contributed by atoms with Crippen molar-refractivity contribution in [1.29, 1.82) is 0 Å². The van der Waals surface area contributed by atoms with E-state index in [0.717, 1.165) is 33.5 Å². The number of aromatic nitrogens is 1. The first-order valence-electron chi connectivity index (χ1n) is 11.3. The van der Waals surface area contributed by atoms with Gasteiger partial charge in [0.2, 0.25) is 0 Å².